The summed E-state index contributed by atoms with van der Waals surface area (Å²) in [4.78, 5) is 11.5. The Bertz CT molecular complexity index is 402. The van der Waals surface area contributed by atoms with Crippen molar-refractivity contribution in [3.8, 4) is 5.75 Å². The minimum absolute atomic E-state index is 0.160. The van der Waals surface area contributed by atoms with Gasteiger partial charge in [-0.25, -0.2) is 0 Å². The van der Waals surface area contributed by atoms with Crippen LogP contribution in [-0.2, 0) is 11.2 Å². The van der Waals surface area contributed by atoms with E-state index in [0.29, 0.717) is 13.0 Å². The van der Waals surface area contributed by atoms with E-state index < -0.39 is 0 Å². The van der Waals surface area contributed by atoms with Crippen molar-refractivity contribution in [2.45, 2.75) is 46.0 Å². The molecule has 1 N–H and O–H groups in total. The Morgan fingerprint density at radius 1 is 1.32 bits per heavy atom. The molecule has 1 rings (SSSR count). The highest BCUT2D eigenvalue weighted by atomic mass is 16.5. The Morgan fingerprint density at radius 2 is 2.11 bits per heavy atom. The summed E-state index contributed by atoms with van der Waals surface area (Å²) in [6, 6.07) is 6.18. The van der Waals surface area contributed by atoms with Crippen molar-refractivity contribution in [2.75, 3.05) is 13.7 Å². The van der Waals surface area contributed by atoms with Crippen molar-refractivity contribution in [1.82, 2.24) is 5.32 Å². The average molecular weight is 263 g/mol. The van der Waals surface area contributed by atoms with Gasteiger partial charge in [0.2, 0.25) is 5.91 Å². The number of aryl methyl sites for hydroxylation is 1. The van der Waals surface area contributed by atoms with Gasteiger partial charge in [0, 0.05) is 13.0 Å². The van der Waals surface area contributed by atoms with E-state index in [2.05, 4.69) is 24.4 Å². The minimum atomic E-state index is 0.160. The largest absolute Gasteiger partial charge is 0.496 e. The number of ether oxygens (including phenoxy) is 1. The highest BCUT2D eigenvalue weighted by molar-refractivity contribution is 5.75. The minimum Gasteiger partial charge on any atom is -0.496 e. The molecule has 0 fully saturated rings. The topological polar surface area (TPSA) is 38.3 Å². The first kappa shape index (κ1) is 15.5. The van der Waals surface area contributed by atoms with Crippen molar-refractivity contribution < 1.29 is 9.53 Å². The number of carbonyl (C=O) groups excluding carboxylic acids is 1. The molecule has 1 amide bonds. The predicted molar refractivity (Wildman–Crippen MR) is 78.6 cm³/mol. The molecule has 0 saturated carbocycles. The SMILES string of the molecule is CCCCCC(=O)NCCc1ccc(C)c(OC)c1. The fourth-order valence-corrected chi connectivity index (χ4v) is 1.99. The summed E-state index contributed by atoms with van der Waals surface area (Å²) in [6.07, 6.45) is 4.75. The molecule has 0 spiro atoms. The first-order valence-electron chi connectivity index (χ1n) is 7.07. The third-order valence-electron chi connectivity index (χ3n) is 3.22. The van der Waals surface area contributed by atoms with E-state index in [-0.39, 0.29) is 5.91 Å². The summed E-state index contributed by atoms with van der Waals surface area (Å²) in [7, 11) is 1.68. The van der Waals surface area contributed by atoms with E-state index in [1.807, 2.05) is 13.0 Å². The van der Waals surface area contributed by atoms with Crippen LogP contribution >= 0.6 is 0 Å². The van der Waals surface area contributed by atoms with Gasteiger partial charge in [-0.05, 0) is 37.0 Å². The number of nitrogens with one attached hydrogen (secondary N) is 1. The monoisotopic (exact) mass is 263 g/mol. The van der Waals surface area contributed by atoms with Crippen LogP contribution in [-0.4, -0.2) is 19.6 Å². The van der Waals surface area contributed by atoms with Gasteiger partial charge in [0.15, 0.2) is 0 Å². The lowest BCUT2D eigenvalue weighted by atomic mass is 10.1. The zero-order chi connectivity index (χ0) is 14.1. The summed E-state index contributed by atoms with van der Waals surface area (Å²) >= 11 is 0. The van der Waals surface area contributed by atoms with Gasteiger partial charge >= 0.3 is 0 Å². The van der Waals surface area contributed by atoms with Crippen molar-refractivity contribution in [1.29, 1.82) is 0 Å². The Balaban J connectivity index is 2.31. The Labute approximate surface area is 116 Å². The van der Waals surface area contributed by atoms with Gasteiger partial charge in [-0.15, -0.1) is 0 Å². The zero-order valence-electron chi connectivity index (χ0n) is 12.3. The first-order valence-corrected chi connectivity index (χ1v) is 7.07. The molecule has 0 aromatic heterocycles. The molecule has 3 heteroatoms. The van der Waals surface area contributed by atoms with Crippen molar-refractivity contribution in [3.63, 3.8) is 0 Å². The predicted octanol–water partition coefficient (Wildman–Crippen LogP) is 3.24. The number of hydrogen-bond donors (Lipinski definition) is 1. The molecule has 0 atom stereocenters. The molecule has 106 valence electrons. The lowest BCUT2D eigenvalue weighted by Gasteiger charge is -2.08. The molecule has 3 nitrogen and oxygen atoms in total. The maximum atomic E-state index is 11.5. The number of unbranched alkanes of at least 4 members (excludes halogenated alkanes) is 2. The summed E-state index contributed by atoms with van der Waals surface area (Å²) in [5.41, 5.74) is 2.33. The van der Waals surface area contributed by atoms with Gasteiger partial charge in [0.25, 0.3) is 0 Å². The van der Waals surface area contributed by atoms with Gasteiger partial charge < -0.3 is 10.1 Å². The summed E-state index contributed by atoms with van der Waals surface area (Å²) in [6.45, 7) is 4.86. The van der Waals surface area contributed by atoms with Crippen LogP contribution in [0.2, 0.25) is 0 Å². The van der Waals surface area contributed by atoms with E-state index in [9.17, 15) is 4.79 Å². The summed E-state index contributed by atoms with van der Waals surface area (Å²) in [5, 5.41) is 2.96. The third kappa shape index (κ3) is 5.77. The molecule has 0 unspecified atom stereocenters. The fourth-order valence-electron chi connectivity index (χ4n) is 1.99. The molecule has 0 aliphatic rings. The standard InChI is InChI=1S/C16H25NO2/c1-4-5-6-7-16(18)17-11-10-14-9-8-13(2)15(12-14)19-3/h8-9,12H,4-7,10-11H2,1-3H3,(H,17,18). The highest BCUT2D eigenvalue weighted by Crippen LogP contribution is 2.18. The average Bonchev–Trinajstić information content (AvgIpc) is 2.41. The van der Waals surface area contributed by atoms with Crippen molar-refractivity contribution in [3.05, 3.63) is 29.3 Å². The smallest absolute Gasteiger partial charge is 0.220 e. The molecule has 19 heavy (non-hydrogen) atoms. The maximum absolute atomic E-state index is 11.5. The first-order chi connectivity index (χ1) is 9.17. The van der Waals surface area contributed by atoms with E-state index >= 15 is 0 Å². The van der Waals surface area contributed by atoms with E-state index in [4.69, 9.17) is 4.74 Å². The van der Waals surface area contributed by atoms with Crippen LogP contribution in [0.4, 0.5) is 0 Å². The molecular formula is C16H25NO2. The van der Waals surface area contributed by atoms with Gasteiger partial charge in [-0.1, -0.05) is 31.9 Å². The number of methoxy groups -OCH3 is 1. The normalized spacial score (nSPS) is 10.3. The quantitative estimate of drug-likeness (QED) is 0.731. The lowest BCUT2D eigenvalue weighted by Crippen LogP contribution is -2.25. The van der Waals surface area contributed by atoms with Crippen molar-refractivity contribution >= 4 is 5.91 Å². The Morgan fingerprint density at radius 3 is 2.79 bits per heavy atom. The van der Waals surface area contributed by atoms with E-state index in [0.717, 1.165) is 37.0 Å². The van der Waals surface area contributed by atoms with Crippen LogP contribution in [0.15, 0.2) is 18.2 Å². The number of benzene rings is 1. The van der Waals surface area contributed by atoms with Crippen molar-refractivity contribution in [2.24, 2.45) is 0 Å². The van der Waals surface area contributed by atoms with Gasteiger partial charge in [-0.3, -0.25) is 4.79 Å². The molecule has 1 aromatic rings. The molecule has 0 aliphatic heterocycles. The van der Waals surface area contributed by atoms with E-state index in [1.54, 1.807) is 7.11 Å². The Kier molecular flexibility index (Phi) is 7.01. The van der Waals surface area contributed by atoms with Gasteiger partial charge in [0.05, 0.1) is 7.11 Å². The van der Waals surface area contributed by atoms with Crippen LogP contribution in [0.25, 0.3) is 0 Å². The summed E-state index contributed by atoms with van der Waals surface area (Å²) < 4.78 is 5.29. The molecule has 0 heterocycles. The number of hydrogen-bond acceptors (Lipinski definition) is 2. The second kappa shape index (κ2) is 8.57. The molecule has 1 aromatic carbocycles. The second-order valence-corrected chi connectivity index (χ2v) is 4.86. The molecule has 0 radical (unpaired) electrons. The van der Waals surface area contributed by atoms with Crippen LogP contribution in [0, 0.1) is 6.92 Å². The van der Waals surface area contributed by atoms with Crippen LogP contribution in [0.3, 0.4) is 0 Å². The lowest BCUT2D eigenvalue weighted by molar-refractivity contribution is -0.121. The second-order valence-electron chi connectivity index (χ2n) is 4.86. The van der Waals surface area contributed by atoms with Crippen LogP contribution < -0.4 is 10.1 Å². The molecular weight excluding hydrogens is 238 g/mol. The number of rotatable bonds is 8. The van der Waals surface area contributed by atoms with Gasteiger partial charge in [-0.2, -0.15) is 0 Å². The molecule has 0 bridgehead atoms. The summed E-state index contributed by atoms with van der Waals surface area (Å²) in [5.74, 6) is 1.07. The zero-order valence-corrected chi connectivity index (χ0v) is 12.3. The van der Waals surface area contributed by atoms with Crippen LogP contribution in [0.1, 0.15) is 43.7 Å². The highest BCUT2D eigenvalue weighted by Gasteiger charge is 2.02. The molecule has 0 saturated heterocycles. The fraction of sp³-hybridized carbons (Fsp3) is 0.562. The van der Waals surface area contributed by atoms with Gasteiger partial charge in [0.1, 0.15) is 5.75 Å². The number of carbonyl (C=O) groups is 1. The molecule has 0 aliphatic carbocycles. The third-order valence-corrected chi connectivity index (χ3v) is 3.22. The number of amides is 1. The van der Waals surface area contributed by atoms with Crippen LogP contribution in [0.5, 0.6) is 5.75 Å². The maximum Gasteiger partial charge on any atom is 0.220 e. The van der Waals surface area contributed by atoms with E-state index in [1.165, 1.54) is 5.56 Å². The Hall–Kier alpha value is -1.51.